The summed E-state index contributed by atoms with van der Waals surface area (Å²) < 4.78 is 0. The van der Waals surface area contributed by atoms with Gasteiger partial charge in [-0.1, -0.05) is 141 Å². The minimum atomic E-state index is -0.0361. The monoisotopic (exact) mass is 520 g/mol. The van der Waals surface area contributed by atoms with Gasteiger partial charge in [-0.3, -0.25) is 0 Å². The van der Waals surface area contributed by atoms with Crippen LogP contribution in [0, 0.1) is 0 Å². The van der Waals surface area contributed by atoms with E-state index in [1.165, 1.54) is 88.7 Å². The van der Waals surface area contributed by atoms with Crippen LogP contribution in [0.2, 0.25) is 0 Å². The molecule has 0 bridgehead atoms. The molecule has 0 heteroatoms. The molecule has 0 nitrogen and oxygen atoms in total. The molecule has 0 radical (unpaired) electrons. The van der Waals surface area contributed by atoms with Crippen molar-refractivity contribution in [2.75, 3.05) is 0 Å². The third-order valence-corrected chi connectivity index (χ3v) is 9.61. The average molecular weight is 521 g/mol. The van der Waals surface area contributed by atoms with Crippen molar-refractivity contribution in [1.29, 1.82) is 0 Å². The van der Waals surface area contributed by atoms with E-state index in [4.69, 9.17) is 0 Å². The van der Waals surface area contributed by atoms with Gasteiger partial charge in [-0.2, -0.15) is 0 Å². The van der Waals surface area contributed by atoms with Gasteiger partial charge in [-0.05, 0) is 94.8 Å². The zero-order valence-electron chi connectivity index (χ0n) is 23.2. The zero-order valence-corrected chi connectivity index (χ0v) is 23.2. The summed E-state index contributed by atoms with van der Waals surface area (Å²) in [4.78, 5) is 0. The van der Waals surface area contributed by atoms with Gasteiger partial charge in [0.05, 0.1) is 0 Å². The lowest BCUT2D eigenvalue weighted by Gasteiger charge is -2.22. The van der Waals surface area contributed by atoms with E-state index in [-0.39, 0.29) is 5.41 Å². The highest BCUT2D eigenvalue weighted by atomic mass is 14.4. The predicted molar refractivity (Wildman–Crippen MR) is 173 cm³/mol. The lowest BCUT2D eigenvalue weighted by atomic mass is 9.81. The van der Waals surface area contributed by atoms with Crippen LogP contribution >= 0.6 is 0 Å². The molecular weight excluding hydrogens is 492 g/mol. The number of fused-ring (bicyclic) bond motifs is 9. The van der Waals surface area contributed by atoms with E-state index in [1.54, 1.807) is 0 Å². The predicted octanol–water partition coefficient (Wildman–Crippen LogP) is 10.4. The molecule has 3 aliphatic rings. The molecule has 41 heavy (non-hydrogen) atoms. The Morgan fingerprint density at radius 2 is 0.878 bits per heavy atom. The summed E-state index contributed by atoms with van der Waals surface area (Å²) >= 11 is 0. The van der Waals surface area contributed by atoms with Gasteiger partial charge < -0.3 is 0 Å². The molecule has 0 unspecified atom stereocenters. The average Bonchev–Trinajstić information content (AvgIpc) is 3.61. The van der Waals surface area contributed by atoms with Gasteiger partial charge in [-0.25, -0.2) is 0 Å². The second kappa shape index (κ2) is 8.05. The Balaban J connectivity index is 1.38. The summed E-state index contributed by atoms with van der Waals surface area (Å²) in [5, 5.41) is 2.58. The quantitative estimate of drug-likeness (QED) is 0.213. The fourth-order valence-corrected chi connectivity index (χ4v) is 7.78. The van der Waals surface area contributed by atoms with Crippen molar-refractivity contribution in [3.05, 3.63) is 178 Å². The summed E-state index contributed by atoms with van der Waals surface area (Å²) in [5.74, 6) is 0. The molecule has 0 heterocycles. The minimum Gasteiger partial charge on any atom is -0.0619 e. The SMILES string of the molecule is CC1(C)c2ccccc2-c2ccc(C3=C4C(=C(c5cccc6ccccc56)c5ccccc54)c4ccccc43)cc21. The van der Waals surface area contributed by atoms with E-state index < -0.39 is 0 Å². The molecular formula is C41H28. The molecule has 3 aliphatic carbocycles. The van der Waals surface area contributed by atoms with Gasteiger partial charge in [0.1, 0.15) is 0 Å². The molecule has 0 saturated carbocycles. The van der Waals surface area contributed by atoms with E-state index in [0.29, 0.717) is 0 Å². The van der Waals surface area contributed by atoms with Crippen molar-refractivity contribution in [3.63, 3.8) is 0 Å². The number of allylic oxidation sites excluding steroid dienone is 2. The fourth-order valence-electron chi connectivity index (χ4n) is 7.78. The van der Waals surface area contributed by atoms with Crippen molar-refractivity contribution in [2.24, 2.45) is 0 Å². The molecule has 192 valence electrons. The Labute approximate surface area is 240 Å². The maximum atomic E-state index is 2.48. The Kier molecular flexibility index (Phi) is 4.49. The molecule has 0 atom stereocenters. The standard InChI is InChI=1S/C41H28/c1-41(2)35-21-10-9-15-28(35)29-23-22-26(24-36(29)41)37-31-16-5-7-18-33(31)40-38(32-17-6-8-19-34(32)39(37)40)30-20-11-13-25-12-3-4-14-27(25)30/h3-24H,1-2H3. The van der Waals surface area contributed by atoms with Gasteiger partial charge in [-0.15, -0.1) is 0 Å². The Morgan fingerprint density at radius 1 is 0.366 bits per heavy atom. The summed E-state index contributed by atoms with van der Waals surface area (Å²) in [6.07, 6.45) is 0. The first-order valence-electron chi connectivity index (χ1n) is 14.5. The smallest absolute Gasteiger partial charge is 0.0159 e. The molecule has 6 aromatic rings. The van der Waals surface area contributed by atoms with Crippen molar-refractivity contribution in [3.8, 4) is 11.1 Å². The van der Waals surface area contributed by atoms with Gasteiger partial charge in [0.2, 0.25) is 0 Å². The Morgan fingerprint density at radius 3 is 1.63 bits per heavy atom. The highest BCUT2D eigenvalue weighted by Gasteiger charge is 2.39. The first kappa shape index (κ1) is 22.8. The molecule has 0 aromatic heterocycles. The molecule has 0 N–H and O–H groups in total. The first-order valence-corrected chi connectivity index (χ1v) is 14.5. The van der Waals surface area contributed by atoms with Crippen molar-refractivity contribution >= 4 is 33.1 Å². The summed E-state index contributed by atoms with van der Waals surface area (Å²) in [6.45, 7) is 4.74. The topological polar surface area (TPSA) is 0 Å². The molecule has 0 spiro atoms. The van der Waals surface area contributed by atoms with Gasteiger partial charge in [0, 0.05) is 5.41 Å². The van der Waals surface area contributed by atoms with Gasteiger partial charge >= 0.3 is 0 Å². The molecule has 0 aliphatic heterocycles. The maximum absolute atomic E-state index is 2.48. The van der Waals surface area contributed by atoms with Gasteiger partial charge in [0.25, 0.3) is 0 Å². The number of rotatable bonds is 2. The van der Waals surface area contributed by atoms with Crippen LogP contribution in [0.1, 0.15) is 58.4 Å². The minimum absolute atomic E-state index is 0.0361. The van der Waals surface area contributed by atoms with Crippen LogP contribution in [0.5, 0.6) is 0 Å². The van der Waals surface area contributed by atoms with Crippen molar-refractivity contribution in [1.82, 2.24) is 0 Å². The summed E-state index contributed by atoms with van der Waals surface area (Å²) in [6, 6.07) is 49.7. The second-order valence-electron chi connectivity index (χ2n) is 12.0. The molecule has 9 rings (SSSR count). The van der Waals surface area contributed by atoms with E-state index in [0.717, 1.165) is 0 Å². The van der Waals surface area contributed by atoms with Crippen molar-refractivity contribution in [2.45, 2.75) is 19.3 Å². The van der Waals surface area contributed by atoms with E-state index in [9.17, 15) is 0 Å². The number of hydrogen-bond donors (Lipinski definition) is 0. The van der Waals surface area contributed by atoms with E-state index in [1.807, 2.05) is 0 Å². The Hall–Kier alpha value is -4.94. The van der Waals surface area contributed by atoms with Crippen LogP contribution in [-0.2, 0) is 5.41 Å². The maximum Gasteiger partial charge on any atom is 0.0159 e. The lowest BCUT2D eigenvalue weighted by Crippen LogP contribution is -2.15. The second-order valence-corrected chi connectivity index (χ2v) is 12.0. The Bertz CT molecular complexity index is 2160. The van der Waals surface area contributed by atoms with Crippen LogP contribution in [0.4, 0.5) is 0 Å². The van der Waals surface area contributed by atoms with Crippen molar-refractivity contribution < 1.29 is 0 Å². The molecule has 6 aromatic carbocycles. The van der Waals surface area contributed by atoms with E-state index in [2.05, 4.69) is 147 Å². The molecule has 0 fully saturated rings. The third-order valence-electron chi connectivity index (χ3n) is 9.61. The first-order chi connectivity index (χ1) is 20.1. The highest BCUT2D eigenvalue weighted by Crippen LogP contribution is 2.59. The largest absolute Gasteiger partial charge is 0.0619 e. The van der Waals surface area contributed by atoms with Crippen LogP contribution in [0.3, 0.4) is 0 Å². The summed E-state index contributed by atoms with van der Waals surface area (Å²) in [7, 11) is 0. The molecule has 0 saturated heterocycles. The third kappa shape index (κ3) is 2.95. The highest BCUT2D eigenvalue weighted by molar-refractivity contribution is 6.36. The van der Waals surface area contributed by atoms with Gasteiger partial charge in [0.15, 0.2) is 0 Å². The number of hydrogen-bond acceptors (Lipinski definition) is 0. The zero-order chi connectivity index (χ0) is 27.3. The van der Waals surface area contributed by atoms with Crippen LogP contribution < -0.4 is 0 Å². The number of benzene rings is 6. The normalized spacial score (nSPS) is 15.6. The fraction of sp³-hybridized carbons (Fsp3) is 0.0732. The van der Waals surface area contributed by atoms with Crippen LogP contribution in [0.25, 0.3) is 44.2 Å². The van der Waals surface area contributed by atoms with Crippen LogP contribution in [-0.4, -0.2) is 0 Å². The lowest BCUT2D eigenvalue weighted by molar-refractivity contribution is 0.660. The molecule has 0 amide bonds. The van der Waals surface area contributed by atoms with E-state index >= 15 is 0 Å². The van der Waals surface area contributed by atoms with Crippen LogP contribution in [0.15, 0.2) is 133 Å². The summed E-state index contributed by atoms with van der Waals surface area (Å²) in [5.41, 5.74) is 18.9.